The minimum atomic E-state index is -1.51. The van der Waals surface area contributed by atoms with Crippen LogP contribution in [0.15, 0.2) is 0 Å². The second-order valence-electron chi connectivity index (χ2n) is 19.1. The van der Waals surface area contributed by atoms with Gasteiger partial charge in [-0.05, 0) is 26.8 Å². The molecular weight excluding hydrogens is 1090 g/mol. The van der Waals surface area contributed by atoms with Crippen molar-refractivity contribution in [2.75, 3.05) is 113 Å². The Balaban J connectivity index is 1.47. The summed E-state index contributed by atoms with van der Waals surface area (Å²) < 4.78 is 55.4. The van der Waals surface area contributed by atoms with Gasteiger partial charge in [0.15, 0.2) is 18.9 Å². The van der Waals surface area contributed by atoms with Crippen LogP contribution in [0.2, 0.25) is 0 Å². The predicted molar refractivity (Wildman–Crippen MR) is 274 cm³/mol. The second kappa shape index (κ2) is 38.8. The molecule has 470 valence electrons. The predicted octanol–water partition coefficient (Wildman–Crippen LogP) is -9.66. The molecule has 0 spiro atoms. The van der Waals surface area contributed by atoms with E-state index in [1.807, 2.05) is 0 Å². The van der Waals surface area contributed by atoms with Crippen LogP contribution in [-0.4, -0.2) is 305 Å². The smallest absolute Gasteiger partial charge is 0.242 e. The van der Waals surface area contributed by atoms with Gasteiger partial charge in [-0.15, -0.1) is 0 Å². The highest BCUT2D eigenvalue weighted by molar-refractivity contribution is 5.89. The maximum atomic E-state index is 13.5. The van der Waals surface area contributed by atoms with Gasteiger partial charge in [0.1, 0.15) is 79.3 Å². The first-order valence-corrected chi connectivity index (χ1v) is 26.8. The molecule has 0 bridgehead atoms. The van der Waals surface area contributed by atoms with Crippen molar-refractivity contribution in [2.45, 2.75) is 157 Å². The van der Waals surface area contributed by atoms with Gasteiger partial charge in [0.2, 0.25) is 35.4 Å². The van der Waals surface area contributed by atoms with E-state index in [0.29, 0.717) is 0 Å². The van der Waals surface area contributed by atoms with Crippen LogP contribution < -0.4 is 42.5 Å². The van der Waals surface area contributed by atoms with Crippen LogP contribution in [0.4, 0.5) is 0 Å². The maximum absolute atomic E-state index is 13.5. The van der Waals surface area contributed by atoms with E-state index in [2.05, 4.69) is 42.5 Å². The number of ether oxygens (including phenoxy) is 10. The molecule has 6 amide bonds. The van der Waals surface area contributed by atoms with Gasteiger partial charge in [0.05, 0.1) is 91.4 Å². The Morgan fingerprint density at radius 1 is 0.494 bits per heavy atom. The summed E-state index contributed by atoms with van der Waals surface area (Å²) in [5.41, 5.74) is 0. The molecule has 0 aromatic carbocycles. The van der Waals surface area contributed by atoms with Crippen molar-refractivity contribution in [2.24, 2.45) is 0 Å². The van der Waals surface area contributed by atoms with Crippen molar-refractivity contribution in [3.05, 3.63) is 0 Å². The quantitative estimate of drug-likeness (QED) is 0.0201. The van der Waals surface area contributed by atoms with Crippen molar-refractivity contribution in [3.8, 4) is 0 Å². The Hall–Kier alpha value is -4.02. The van der Waals surface area contributed by atoms with Crippen LogP contribution >= 0.6 is 0 Å². The SMILES string of the molecule is CNC(CCC(=O)NC(CCC(=O)NCCOCCOC1OC(CO)C(O)C(O)C1NC(C)=O)C(=O)NCCOCCOC1OC(CO)C(O)C(O)C1NC(C)=O)C(=O)NCCOCCOC1OC(CO)[C@H](O)C(O)C1N[C@@H](C)OC. The third-order valence-corrected chi connectivity index (χ3v) is 13.0. The summed E-state index contributed by atoms with van der Waals surface area (Å²) in [7, 11) is 2.97. The summed E-state index contributed by atoms with van der Waals surface area (Å²) in [6.07, 6.45) is -16.8. The average molecular weight is 1180 g/mol. The Bertz CT molecular complexity index is 1860. The molecule has 0 aromatic heterocycles. The van der Waals surface area contributed by atoms with E-state index in [-0.39, 0.29) is 105 Å². The summed E-state index contributed by atoms with van der Waals surface area (Å²) in [6, 6.07) is -5.26. The van der Waals surface area contributed by atoms with Crippen molar-refractivity contribution in [1.29, 1.82) is 0 Å². The van der Waals surface area contributed by atoms with Crippen LogP contribution in [0.3, 0.4) is 0 Å². The first kappa shape index (κ1) is 71.2. The number of aliphatic hydroxyl groups excluding tert-OH is 9. The molecule has 0 aliphatic carbocycles. The van der Waals surface area contributed by atoms with Crippen molar-refractivity contribution in [1.82, 2.24) is 42.5 Å². The Labute approximate surface area is 469 Å². The third kappa shape index (κ3) is 24.6. The van der Waals surface area contributed by atoms with Crippen molar-refractivity contribution < 1.29 is 122 Å². The monoisotopic (exact) mass is 1180 g/mol. The molecule has 33 nitrogen and oxygen atoms in total. The summed E-state index contributed by atoms with van der Waals surface area (Å²) in [4.78, 5) is 76.1. The largest absolute Gasteiger partial charge is 0.394 e. The molecule has 3 heterocycles. The lowest BCUT2D eigenvalue weighted by Gasteiger charge is -2.43. The van der Waals surface area contributed by atoms with Gasteiger partial charge >= 0.3 is 0 Å². The molecular formula is C48H88N8O25. The summed E-state index contributed by atoms with van der Waals surface area (Å²) in [5.74, 6) is -3.26. The van der Waals surface area contributed by atoms with Crippen molar-refractivity contribution in [3.63, 3.8) is 0 Å². The fourth-order valence-electron chi connectivity index (χ4n) is 8.53. The number of amides is 6. The Kier molecular flexibility index (Phi) is 34.1. The first-order valence-electron chi connectivity index (χ1n) is 26.8. The number of carbonyl (C=O) groups is 6. The molecule has 3 aliphatic heterocycles. The number of aliphatic hydroxyl groups is 9. The molecule has 0 saturated carbocycles. The molecule has 3 rings (SSSR count). The molecule has 16 unspecified atom stereocenters. The standard InChI is InChI=1S/C48H88N8O25/c1-25(60)53-35-41(67)38(64)30(22-57)79-46(35)76-19-16-73-13-10-50-33(62)8-7-29(45(71)52-12-15-75-17-20-77-47-36(54-26(2)61)42(68)39(65)31(23-58)80-47)56-34(63)9-6-28(49-4)44(70)51-11-14-74-18-21-78-48-37(55-27(3)72-5)43(69)40(66)32(24-59)81-48/h27-32,35-43,46-49,55,57-59,64-69H,6-24H2,1-5H3,(H,50,62)(H,51,70)(H,52,71)(H,53,60)(H,54,61)(H,56,63)/t27-,28?,29?,30?,31?,32?,35?,36?,37?,38?,39?,40+,41?,42?,43?,46?,47?,48?/m1/s1. The number of methoxy groups -OCH3 is 1. The lowest BCUT2D eigenvalue weighted by atomic mass is 9.97. The maximum Gasteiger partial charge on any atom is 0.242 e. The van der Waals surface area contributed by atoms with E-state index in [1.54, 1.807) is 6.92 Å². The molecule has 0 aromatic rings. The molecule has 3 saturated heterocycles. The number of likely N-dealkylation sites (N-methyl/N-ethyl adjacent to an activating group) is 1. The van der Waals surface area contributed by atoms with Crippen LogP contribution in [0.5, 0.6) is 0 Å². The van der Waals surface area contributed by atoms with E-state index in [4.69, 9.17) is 47.4 Å². The van der Waals surface area contributed by atoms with Gasteiger partial charge in [0.25, 0.3) is 0 Å². The molecule has 18 atom stereocenters. The fourth-order valence-corrected chi connectivity index (χ4v) is 8.53. The summed E-state index contributed by atoms with van der Waals surface area (Å²) in [5, 5.41) is 112. The molecule has 17 N–H and O–H groups in total. The zero-order valence-corrected chi connectivity index (χ0v) is 46.4. The summed E-state index contributed by atoms with van der Waals surface area (Å²) in [6.45, 7) is 2.06. The highest BCUT2D eigenvalue weighted by Crippen LogP contribution is 2.25. The minimum absolute atomic E-state index is 0.00177. The van der Waals surface area contributed by atoms with Gasteiger partial charge < -0.3 is 131 Å². The Morgan fingerprint density at radius 2 is 0.864 bits per heavy atom. The van der Waals surface area contributed by atoms with Crippen LogP contribution in [0.1, 0.15) is 46.5 Å². The van der Waals surface area contributed by atoms with E-state index in [1.165, 1.54) is 28.0 Å². The topological polar surface area (TPSA) is 473 Å². The average Bonchev–Trinajstić information content (AvgIpc) is 3.43. The van der Waals surface area contributed by atoms with Crippen LogP contribution in [-0.2, 0) is 76.1 Å². The van der Waals surface area contributed by atoms with Crippen LogP contribution in [0, 0.1) is 0 Å². The van der Waals surface area contributed by atoms with Gasteiger partial charge in [-0.2, -0.15) is 0 Å². The fraction of sp³-hybridized carbons (Fsp3) is 0.875. The molecule has 0 radical (unpaired) electrons. The van der Waals surface area contributed by atoms with Gasteiger partial charge in [-0.25, -0.2) is 0 Å². The van der Waals surface area contributed by atoms with E-state index in [0.717, 1.165) is 0 Å². The molecule has 33 heteroatoms. The van der Waals surface area contributed by atoms with Crippen LogP contribution in [0.25, 0.3) is 0 Å². The number of carbonyl (C=O) groups excluding carboxylic acids is 6. The number of rotatable bonds is 39. The summed E-state index contributed by atoms with van der Waals surface area (Å²) >= 11 is 0. The number of nitrogens with one attached hydrogen (secondary N) is 8. The highest BCUT2D eigenvalue weighted by atomic mass is 16.7. The number of hydrogen-bond acceptors (Lipinski definition) is 27. The van der Waals surface area contributed by atoms with Gasteiger partial charge in [0, 0.05) is 53.4 Å². The lowest BCUT2D eigenvalue weighted by molar-refractivity contribution is -0.276. The van der Waals surface area contributed by atoms with Gasteiger partial charge in [-0.3, -0.25) is 34.1 Å². The van der Waals surface area contributed by atoms with E-state index in [9.17, 15) is 74.7 Å². The normalized spacial score (nSPS) is 29.6. The molecule has 3 fully saturated rings. The Morgan fingerprint density at radius 3 is 1.26 bits per heavy atom. The lowest BCUT2D eigenvalue weighted by Crippen LogP contribution is -2.65. The zero-order valence-electron chi connectivity index (χ0n) is 46.4. The van der Waals surface area contributed by atoms with E-state index >= 15 is 0 Å². The van der Waals surface area contributed by atoms with Crippen molar-refractivity contribution >= 4 is 35.4 Å². The second-order valence-corrected chi connectivity index (χ2v) is 19.1. The third-order valence-electron chi connectivity index (χ3n) is 13.0. The highest BCUT2D eigenvalue weighted by Gasteiger charge is 2.48. The number of hydrogen-bond donors (Lipinski definition) is 17. The van der Waals surface area contributed by atoms with Gasteiger partial charge in [-0.1, -0.05) is 0 Å². The minimum Gasteiger partial charge on any atom is -0.394 e. The molecule has 81 heavy (non-hydrogen) atoms. The zero-order chi connectivity index (χ0) is 60.0. The molecule has 3 aliphatic rings. The first-order chi connectivity index (χ1) is 38.7. The van der Waals surface area contributed by atoms with E-state index < -0.39 is 166 Å².